The summed E-state index contributed by atoms with van der Waals surface area (Å²) in [4.78, 5) is 78.7. The monoisotopic (exact) mass is 1220 g/mol. The van der Waals surface area contributed by atoms with Gasteiger partial charge in [-0.25, -0.2) is 13.8 Å². The number of carbonyl (C=O) groups excluding carboxylic acids is 5. The number of aromatic nitrogens is 3. The molecule has 3 saturated heterocycles. The molecule has 21 nitrogen and oxygen atoms in total. The van der Waals surface area contributed by atoms with E-state index >= 15 is 0 Å². The zero-order valence-electron chi connectivity index (χ0n) is 49.8. The maximum atomic E-state index is 14.0. The predicted octanol–water partition coefficient (Wildman–Crippen LogP) is 6.19. The van der Waals surface area contributed by atoms with Crippen molar-refractivity contribution in [2.24, 2.45) is 5.41 Å². The van der Waals surface area contributed by atoms with Gasteiger partial charge in [-0.05, 0) is 96.3 Å². The lowest BCUT2D eigenvalue weighted by Gasteiger charge is -2.36. The quantitative estimate of drug-likeness (QED) is 0.0284. The van der Waals surface area contributed by atoms with E-state index in [1.807, 2.05) is 88.4 Å². The van der Waals surface area contributed by atoms with Crippen LogP contribution in [0.1, 0.15) is 79.2 Å². The van der Waals surface area contributed by atoms with Crippen LogP contribution in [0, 0.1) is 24.0 Å². The Bertz CT molecular complexity index is 3290. The molecule has 2 aromatic heterocycles. The Labute approximate surface area is 509 Å². The minimum atomic E-state index is -0.954. The molecule has 3 aliphatic heterocycles. The van der Waals surface area contributed by atoms with Crippen molar-refractivity contribution < 1.29 is 56.8 Å². The number of anilines is 3. The minimum absolute atomic E-state index is 0.00107. The summed E-state index contributed by atoms with van der Waals surface area (Å²) < 4.78 is 50.4. The van der Waals surface area contributed by atoms with Crippen molar-refractivity contribution in [2.75, 3.05) is 114 Å². The molecule has 3 fully saturated rings. The molecule has 87 heavy (non-hydrogen) atoms. The van der Waals surface area contributed by atoms with E-state index < -0.39 is 41.1 Å². The maximum Gasteiger partial charge on any atom is 0.258 e. The Hall–Kier alpha value is -7.45. The average molecular weight is 1220 g/mol. The molecule has 5 heterocycles. The first kappa shape index (κ1) is 64.0. The standard InChI is InChI=1S/C63H79F2N11O10S/c1-40-57(87-39-68-40)44-8-5-41(6-9-44)36-67-61(81)54-35-49(77)37-76(54)62(82)58(63(2,3)4)70-55(78)15-23-84-25-27-86-28-26-85-24-16-66-56(79)38-74-17-19-75(20-18-74)48-10-11-50(53(34-48)69-47-13-21-83-22-14-47)60(80)71-59-51-32-42(7-12-52(51)72-73-59)29-43-30-45(64)33-46(65)31-43/h5-12,30-34,39,47,49,54,58,69,77H,13-29,35-38H2,1-4H3,(H,66,79)(H,67,81)(H,70,78)(H2,71,72,73,80)/t49?,54-,58+/m0/s1. The third-order valence-electron chi connectivity index (χ3n) is 15.6. The number of halogens is 2. The number of nitrogens with zero attached hydrogens (tertiary/aromatic N) is 5. The number of ether oxygens (including phenoxy) is 4. The van der Waals surface area contributed by atoms with Gasteiger partial charge in [0.15, 0.2) is 5.82 Å². The Kier molecular flexibility index (Phi) is 22.4. The lowest BCUT2D eigenvalue weighted by atomic mass is 9.85. The first-order valence-corrected chi connectivity index (χ1v) is 30.6. The smallest absolute Gasteiger partial charge is 0.258 e. The number of amides is 5. The molecule has 466 valence electrons. The molecular formula is C63H79F2N11O10S. The fourth-order valence-electron chi connectivity index (χ4n) is 10.9. The highest BCUT2D eigenvalue weighted by molar-refractivity contribution is 7.13. The van der Waals surface area contributed by atoms with E-state index in [1.165, 1.54) is 17.0 Å². The topological polar surface area (TPSA) is 254 Å². The molecule has 0 bridgehead atoms. The highest BCUT2D eigenvalue weighted by Gasteiger charge is 2.44. The highest BCUT2D eigenvalue weighted by atomic mass is 32.1. The van der Waals surface area contributed by atoms with E-state index in [1.54, 1.807) is 16.8 Å². The number of carbonyl (C=O) groups is 5. The number of piperazine rings is 1. The summed E-state index contributed by atoms with van der Waals surface area (Å²) >= 11 is 1.57. The molecule has 5 amide bonds. The average Bonchev–Trinajstić information content (AvgIpc) is 3.42. The highest BCUT2D eigenvalue weighted by Crippen LogP contribution is 2.32. The van der Waals surface area contributed by atoms with Crippen LogP contribution in [-0.4, -0.2) is 183 Å². The van der Waals surface area contributed by atoms with E-state index in [0.717, 1.165) is 51.9 Å². The van der Waals surface area contributed by atoms with Gasteiger partial charge in [0.1, 0.15) is 23.7 Å². The molecule has 0 saturated carbocycles. The van der Waals surface area contributed by atoms with Crippen LogP contribution in [0.15, 0.2) is 84.4 Å². The molecule has 9 rings (SSSR count). The van der Waals surface area contributed by atoms with Crippen LogP contribution >= 0.6 is 11.3 Å². The van der Waals surface area contributed by atoms with E-state index in [0.29, 0.717) is 99.3 Å². The number of nitrogens with one attached hydrogen (secondary N) is 6. The molecule has 3 aliphatic rings. The van der Waals surface area contributed by atoms with Crippen LogP contribution in [-0.2, 0) is 51.1 Å². The van der Waals surface area contributed by atoms with Gasteiger partial charge < -0.3 is 60.4 Å². The molecule has 0 spiro atoms. The number of aromatic amines is 1. The molecule has 6 aromatic rings. The van der Waals surface area contributed by atoms with Crippen molar-refractivity contribution in [3.63, 3.8) is 0 Å². The second-order valence-electron chi connectivity index (χ2n) is 23.3. The molecule has 1 unspecified atom stereocenters. The number of aliphatic hydroxyl groups is 1. The van der Waals surface area contributed by atoms with Gasteiger partial charge in [-0.1, -0.05) is 51.1 Å². The summed E-state index contributed by atoms with van der Waals surface area (Å²) in [6, 6.07) is 20.8. The molecule has 0 aliphatic carbocycles. The van der Waals surface area contributed by atoms with Crippen LogP contribution < -0.4 is 31.5 Å². The van der Waals surface area contributed by atoms with Gasteiger partial charge >= 0.3 is 0 Å². The number of hydrogen-bond acceptors (Lipinski definition) is 16. The summed E-state index contributed by atoms with van der Waals surface area (Å²) in [5.41, 5.74) is 8.05. The van der Waals surface area contributed by atoms with E-state index in [9.17, 15) is 37.9 Å². The number of β-amino-alcohol motifs (C(OH)–C–C–N with tert-alkyl or cyclic N) is 1. The number of rotatable bonds is 27. The van der Waals surface area contributed by atoms with E-state index in [4.69, 9.17) is 18.9 Å². The van der Waals surface area contributed by atoms with Crippen molar-refractivity contribution >= 4 is 69.0 Å². The third-order valence-corrected chi connectivity index (χ3v) is 16.6. The summed E-state index contributed by atoms with van der Waals surface area (Å²) in [5, 5.41) is 33.9. The molecular weight excluding hydrogens is 1140 g/mol. The Balaban J connectivity index is 0.633. The molecule has 24 heteroatoms. The molecule has 3 atom stereocenters. The Morgan fingerprint density at radius 2 is 1.52 bits per heavy atom. The van der Waals surface area contributed by atoms with Gasteiger partial charge in [0.2, 0.25) is 23.6 Å². The normalized spacial score (nSPS) is 17.1. The fraction of sp³-hybridized carbons (Fsp3) is 0.476. The van der Waals surface area contributed by atoms with Gasteiger partial charge in [0.25, 0.3) is 5.91 Å². The van der Waals surface area contributed by atoms with Crippen LogP contribution in [0.2, 0.25) is 0 Å². The van der Waals surface area contributed by atoms with Gasteiger partial charge in [-0.3, -0.25) is 34.0 Å². The number of likely N-dealkylation sites (tertiary alicyclic amines) is 1. The van der Waals surface area contributed by atoms with Crippen molar-refractivity contribution in [2.45, 2.75) is 90.6 Å². The Morgan fingerprint density at radius 3 is 2.22 bits per heavy atom. The van der Waals surface area contributed by atoms with Gasteiger partial charge in [-0.15, -0.1) is 11.3 Å². The maximum absolute atomic E-state index is 14.0. The number of fused-ring (bicyclic) bond motifs is 1. The number of benzene rings is 4. The van der Waals surface area contributed by atoms with Crippen molar-refractivity contribution in [1.82, 2.24) is 40.9 Å². The summed E-state index contributed by atoms with van der Waals surface area (Å²) in [6.07, 6.45) is 1.08. The van der Waals surface area contributed by atoms with Crippen LogP contribution in [0.4, 0.5) is 26.0 Å². The SMILES string of the molecule is Cc1ncsc1-c1ccc(CNC(=O)[C@@H]2CC(O)CN2C(=O)[C@@H](NC(=O)CCOCCOCCOCCNC(=O)CN2CCN(c3ccc(C(=O)Nc4n[nH]c5ccc(Cc6cc(F)cc(F)c6)cc45)c(NC4CCOCC4)c3)CC2)C(C)(C)C)cc1. The number of aryl methyl sites for hydroxylation is 1. The predicted molar refractivity (Wildman–Crippen MR) is 327 cm³/mol. The lowest BCUT2D eigenvalue weighted by molar-refractivity contribution is -0.144. The summed E-state index contributed by atoms with van der Waals surface area (Å²) in [7, 11) is 0. The first-order valence-electron chi connectivity index (χ1n) is 29.7. The van der Waals surface area contributed by atoms with Gasteiger partial charge in [0.05, 0.1) is 79.5 Å². The summed E-state index contributed by atoms with van der Waals surface area (Å²) in [5.74, 6) is -2.61. The third kappa shape index (κ3) is 18.1. The van der Waals surface area contributed by atoms with Crippen molar-refractivity contribution in [3.05, 3.63) is 124 Å². The first-order chi connectivity index (χ1) is 41.9. The van der Waals surface area contributed by atoms with Crippen molar-refractivity contribution in [1.29, 1.82) is 0 Å². The van der Waals surface area contributed by atoms with Crippen LogP contribution in [0.25, 0.3) is 21.3 Å². The lowest BCUT2D eigenvalue weighted by Crippen LogP contribution is -2.57. The summed E-state index contributed by atoms with van der Waals surface area (Å²) in [6.45, 7) is 13.7. The zero-order chi connectivity index (χ0) is 61.5. The minimum Gasteiger partial charge on any atom is -0.391 e. The zero-order valence-corrected chi connectivity index (χ0v) is 50.6. The molecule has 7 N–H and O–H groups in total. The van der Waals surface area contributed by atoms with Crippen LogP contribution in [0.3, 0.4) is 0 Å². The second kappa shape index (κ2) is 30.5. The number of hydrogen-bond donors (Lipinski definition) is 7. The second-order valence-corrected chi connectivity index (χ2v) is 24.1. The van der Waals surface area contributed by atoms with E-state index in [-0.39, 0.29) is 88.4 Å². The number of aliphatic hydroxyl groups excluding tert-OH is 1. The van der Waals surface area contributed by atoms with Gasteiger partial charge in [-0.2, -0.15) is 5.10 Å². The molecule has 0 radical (unpaired) electrons. The van der Waals surface area contributed by atoms with Crippen molar-refractivity contribution in [3.8, 4) is 10.4 Å². The number of thiazole rings is 1. The Morgan fingerprint density at radius 1 is 0.816 bits per heavy atom. The van der Waals surface area contributed by atoms with Gasteiger partial charge in [0, 0.05) is 101 Å². The van der Waals surface area contributed by atoms with E-state index in [2.05, 4.69) is 51.6 Å². The van der Waals surface area contributed by atoms with Crippen LogP contribution in [0.5, 0.6) is 0 Å². The number of H-pyrrole nitrogens is 1. The molecule has 4 aromatic carbocycles. The fourth-order valence-corrected chi connectivity index (χ4v) is 11.7. The largest absolute Gasteiger partial charge is 0.391 e.